The lowest BCUT2D eigenvalue weighted by atomic mass is 9.99. The van der Waals surface area contributed by atoms with Gasteiger partial charge in [0.25, 0.3) is 0 Å². The topological polar surface area (TPSA) is 24.7 Å². The zero-order valence-corrected chi connectivity index (χ0v) is 8.29. The van der Waals surface area contributed by atoms with Gasteiger partial charge in [-0.15, -0.1) is 0 Å². The molecule has 2 nitrogen and oxygen atoms in total. The van der Waals surface area contributed by atoms with Crippen LogP contribution >= 0.6 is 0 Å². The molecule has 72 valence electrons. The van der Waals surface area contributed by atoms with Gasteiger partial charge in [0.15, 0.2) is 0 Å². The number of benzene rings is 1. The van der Waals surface area contributed by atoms with Crippen LogP contribution in [0.1, 0.15) is 24.0 Å². The molecule has 0 aliphatic carbocycles. The quantitative estimate of drug-likeness (QED) is 0.573. The van der Waals surface area contributed by atoms with Crippen LogP contribution in [-0.4, -0.2) is 13.1 Å². The molecular formula is C12H14N2. The Morgan fingerprint density at radius 1 is 0.786 bits per heavy atom. The zero-order valence-electron chi connectivity index (χ0n) is 8.29. The first-order chi connectivity index (χ1) is 6.95. The summed E-state index contributed by atoms with van der Waals surface area (Å²) in [7, 11) is 0. The molecular weight excluding hydrogens is 172 g/mol. The van der Waals surface area contributed by atoms with Crippen molar-refractivity contribution in [3.63, 3.8) is 0 Å². The van der Waals surface area contributed by atoms with Crippen LogP contribution in [0.4, 0.5) is 0 Å². The zero-order chi connectivity index (χ0) is 9.38. The Morgan fingerprint density at radius 3 is 1.79 bits per heavy atom. The molecule has 0 saturated carbocycles. The number of nitrogens with zero attached hydrogens (tertiary/aromatic N) is 2. The molecule has 2 aliphatic rings. The standard InChI is InChI=1S/C12H14N2/c1-3-9-5-6-10-4-2-8-14-12(10)11(9)13-7-1/h5-6H,1-4,7-8H2. The van der Waals surface area contributed by atoms with Crippen LogP contribution in [0.15, 0.2) is 22.1 Å². The minimum Gasteiger partial charge on any atom is -0.283 e. The third kappa shape index (κ3) is 1.17. The highest BCUT2D eigenvalue weighted by Crippen LogP contribution is 2.06. The minimum absolute atomic E-state index is 0.985. The molecule has 0 saturated heterocycles. The third-order valence-electron chi connectivity index (χ3n) is 3.07. The van der Waals surface area contributed by atoms with E-state index < -0.39 is 0 Å². The Kier molecular flexibility index (Phi) is 1.86. The van der Waals surface area contributed by atoms with E-state index in [1.54, 1.807) is 0 Å². The molecule has 0 N–H and O–H groups in total. The molecule has 0 fully saturated rings. The van der Waals surface area contributed by atoms with Gasteiger partial charge < -0.3 is 0 Å². The molecule has 2 heteroatoms. The lowest BCUT2D eigenvalue weighted by Gasteiger charge is -2.13. The maximum Gasteiger partial charge on any atom is 0.0861 e. The summed E-state index contributed by atoms with van der Waals surface area (Å²) in [6, 6.07) is 4.50. The molecule has 1 aromatic carbocycles. The first kappa shape index (κ1) is 8.16. The maximum absolute atomic E-state index is 4.61. The van der Waals surface area contributed by atoms with Gasteiger partial charge in [0.05, 0.1) is 10.7 Å². The first-order valence-corrected chi connectivity index (χ1v) is 5.45. The fraction of sp³-hybridized carbons (Fsp3) is 0.500. The molecule has 0 atom stereocenters. The van der Waals surface area contributed by atoms with E-state index in [1.807, 2.05) is 0 Å². The summed E-state index contributed by atoms with van der Waals surface area (Å²) in [6.07, 6.45) is 4.76. The maximum atomic E-state index is 4.61. The summed E-state index contributed by atoms with van der Waals surface area (Å²) in [5.41, 5.74) is 2.81. The van der Waals surface area contributed by atoms with Crippen molar-refractivity contribution in [2.24, 2.45) is 9.98 Å². The van der Waals surface area contributed by atoms with Crippen LogP contribution in [0.2, 0.25) is 0 Å². The van der Waals surface area contributed by atoms with E-state index in [1.165, 1.54) is 47.5 Å². The highest BCUT2D eigenvalue weighted by Gasteiger charge is 2.10. The van der Waals surface area contributed by atoms with Gasteiger partial charge in [0.2, 0.25) is 0 Å². The Balaban J connectivity index is 2.36. The Hall–Kier alpha value is -1.18. The first-order valence-electron chi connectivity index (χ1n) is 5.45. The highest BCUT2D eigenvalue weighted by molar-refractivity contribution is 5.24. The number of hydrogen-bond donors (Lipinski definition) is 0. The number of rotatable bonds is 0. The largest absolute Gasteiger partial charge is 0.283 e. The van der Waals surface area contributed by atoms with Crippen LogP contribution in [-0.2, 0) is 12.8 Å². The molecule has 1 aromatic rings. The van der Waals surface area contributed by atoms with Crippen molar-refractivity contribution in [1.82, 2.24) is 0 Å². The van der Waals surface area contributed by atoms with Crippen molar-refractivity contribution in [2.75, 3.05) is 13.1 Å². The summed E-state index contributed by atoms with van der Waals surface area (Å²) in [6.45, 7) is 1.97. The van der Waals surface area contributed by atoms with Gasteiger partial charge in [-0.3, -0.25) is 9.98 Å². The van der Waals surface area contributed by atoms with E-state index in [-0.39, 0.29) is 0 Å². The molecule has 0 bridgehead atoms. The molecule has 0 unspecified atom stereocenters. The average molecular weight is 186 g/mol. The second-order valence-corrected chi connectivity index (χ2v) is 4.05. The summed E-state index contributed by atoms with van der Waals surface area (Å²) in [5.74, 6) is 0. The monoisotopic (exact) mass is 186 g/mol. The van der Waals surface area contributed by atoms with Gasteiger partial charge in [-0.2, -0.15) is 0 Å². The van der Waals surface area contributed by atoms with E-state index in [4.69, 9.17) is 0 Å². The Bertz CT molecular complexity index is 429. The lowest BCUT2D eigenvalue weighted by molar-refractivity contribution is 0.723. The van der Waals surface area contributed by atoms with Crippen LogP contribution in [0.25, 0.3) is 0 Å². The third-order valence-corrected chi connectivity index (χ3v) is 3.07. The smallest absolute Gasteiger partial charge is 0.0861 e. The van der Waals surface area contributed by atoms with Gasteiger partial charge in [0, 0.05) is 13.1 Å². The molecule has 0 spiro atoms. The van der Waals surface area contributed by atoms with Crippen molar-refractivity contribution in [1.29, 1.82) is 0 Å². The second-order valence-electron chi connectivity index (χ2n) is 4.05. The molecule has 0 radical (unpaired) electrons. The predicted octanol–water partition coefficient (Wildman–Crippen LogP) is 0.818. The highest BCUT2D eigenvalue weighted by atomic mass is 14.8. The van der Waals surface area contributed by atoms with Crippen molar-refractivity contribution < 1.29 is 0 Å². The Labute approximate surface area is 83.4 Å². The van der Waals surface area contributed by atoms with E-state index in [0.717, 1.165) is 13.1 Å². The molecule has 3 rings (SSSR count). The molecule has 0 amide bonds. The SMILES string of the molecule is c1cc2c(c3c1CCCN=3)=NCCC2. The van der Waals surface area contributed by atoms with E-state index in [2.05, 4.69) is 22.1 Å². The van der Waals surface area contributed by atoms with Gasteiger partial charge in [-0.05, 0) is 36.8 Å². The van der Waals surface area contributed by atoms with E-state index >= 15 is 0 Å². The fourth-order valence-electron chi connectivity index (χ4n) is 2.34. The summed E-state index contributed by atoms with van der Waals surface area (Å²) < 4.78 is 0. The van der Waals surface area contributed by atoms with Crippen LogP contribution < -0.4 is 10.7 Å². The summed E-state index contributed by atoms with van der Waals surface area (Å²) >= 11 is 0. The van der Waals surface area contributed by atoms with Crippen molar-refractivity contribution in [3.05, 3.63) is 34.0 Å². The molecule has 2 aliphatic heterocycles. The molecule has 14 heavy (non-hydrogen) atoms. The van der Waals surface area contributed by atoms with E-state index in [0.29, 0.717) is 0 Å². The Morgan fingerprint density at radius 2 is 1.29 bits per heavy atom. The number of aryl methyl sites for hydroxylation is 2. The van der Waals surface area contributed by atoms with Crippen LogP contribution in [0, 0.1) is 0 Å². The fourth-order valence-corrected chi connectivity index (χ4v) is 2.34. The van der Waals surface area contributed by atoms with Crippen molar-refractivity contribution in [3.8, 4) is 0 Å². The second kappa shape index (κ2) is 3.19. The normalized spacial score (nSPS) is 18.9. The van der Waals surface area contributed by atoms with E-state index in [9.17, 15) is 0 Å². The van der Waals surface area contributed by atoms with Crippen LogP contribution in [0.3, 0.4) is 0 Å². The van der Waals surface area contributed by atoms with Crippen molar-refractivity contribution in [2.45, 2.75) is 25.7 Å². The van der Waals surface area contributed by atoms with Gasteiger partial charge in [-0.25, -0.2) is 0 Å². The van der Waals surface area contributed by atoms with Gasteiger partial charge in [-0.1, -0.05) is 12.1 Å². The average Bonchev–Trinajstić information content (AvgIpc) is 2.29. The number of hydrogen-bond acceptors (Lipinski definition) is 2. The minimum atomic E-state index is 0.985. The summed E-state index contributed by atoms with van der Waals surface area (Å²) in [4.78, 5) is 9.23. The number of fused-ring (bicyclic) bond motifs is 3. The van der Waals surface area contributed by atoms with Gasteiger partial charge in [0.1, 0.15) is 0 Å². The van der Waals surface area contributed by atoms with Crippen LogP contribution in [0.5, 0.6) is 0 Å². The van der Waals surface area contributed by atoms with Gasteiger partial charge >= 0.3 is 0 Å². The molecule has 2 heterocycles. The lowest BCUT2D eigenvalue weighted by Crippen LogP contribution is -2.37. The van der Waals surface area contributed by atoms with Crippen molar-refractivity contribution >= 4 is 0 Å². The predicted molar refractivity (Wildman–Crippen MR) is 55.1 cm³/mol. The summed E-state index contributed by atoms with van der Waals surface area (Å²) in [5, 5.41) is 2.40. The molecule has 0 aromatic heterocycles.